The zero-order valence-corrected chi connectivity index (χ0v) is 12.3. The second kappa shape index (κ2) is 6.24. The van der Waals surface area contributed by atoms with E-state index < -0.39 is 6.10 Å². The highest BCUT2D eigenvalue weighted by atomic mass is 16.3. The summed E-state index contributed by atoms with van der Waals surface area (Å²) < 4.78 is 0. The number of carbonyl (C=O) groups is 1. The molecule has 0 bridgehead atoms. The molecule has 2 N–H and O–H groups in total. The third kappa shape index (κ3) is 3.29. The van der Waals surface area contributed by atoms with Gasteiger partial charge in [-0.3, -0.25) is 4.79 Å². The zero-order valence-electron chi connectivity index (χ0n) is 12.3. The van der Waals surface area contributed by atoms with E-state index in [4.69, 9.17) is 0 Å². The molecule has 2 unspecified atom stereocenters. The molecule has 1 aromatic carbocycles. The Kier molecular flexibility index (Phi) is 4.62. The normalized spacial score (nSPS) is 22.4. The van der Waals surface area contributed by atoms with Crippen LogP contribution in [0, 0.1) is 0 Å². The van der Waals surface area contributed by atoms with E-state index in [1.807, 2.05) is 50.3 Å². The van der Waals surface area contributed by atoms with E-state index in [2.05, 4.69) is 5.32 Å². The molecule has 0 saturated carbocycles. The lowest BCUT2D eigenvalue weighted by Gasteiger charge is -2.27. The molecule has 110 valence electrons. The van der Waals surface area contributed by atoms with Gasteiger partial charge in [0.2, 0.25) is 0 Å². The lowest BCUT2D eigenvalue weighted by atomic mass is 10.1. The standard InChI is InChI=1S/C15H23N3O2/c1-16-12-6-4-11(5-7-12)15(20)18-10-14(19)8-13(18)9-17(2)3/h4-7,13-14,16,19H,8-10H2,1-3H3. The Labute approximate surface area is 120 Å². The van der Waals surface area contributed by atoms with Crippen molar-refractivity contribution in [2.45, 2.75) is 18.6 Å². The highest BCUT2D eigenvalue weighted by Gasteiger charge is 2.34. The van der Waals surface area contributed by atoms with E-state index in [1.54, 1.807) is 4.90 Å². The Morgan fingerprint density at radius 2 is 2.05 bits per heavy atom. The van der Waals surface area contributed by atoms with E-state index in [1.165, 1.54) is 0 Å². The second-order valence-corrected chi connectivity index (χ2v) is 5.59. The Bertz CT molecular complexity index is 459. The van der Waals surface area contributed by atoms with Gasteiger partial charge in [0.25, 0.3) is 5.91 Å². The number of hydrogen-bond donors (Lipinski definition) is 2. The first-order chi connectivity index (χ1) is 9.51. The van der Waals surface area contributed by atoms with Crippen molar-refractivity contribution in [3.05, 3.63) is 29.8 Å². The van der Waals surface area contributed by atoms with Crippen molar-refractivity contribution in [1.29, 1.82) is 0 Å². The number of carbonyl (C=O) groups excluding carboxylic acids is 1. The maximum Gasteiger partial charge on any atom is 0.254 e. The summed E-state index contributed by atoms with van der Waals surface area (Å²) in [5.74, 6) is -0.00365. The van der Waals surface area contributed by atoms with Crippen LogP contribution in [0.25, 0.3) is 0 Å². The van der Waals surface area contributed by atoms with Crippen LogP contribution in [-0.2, 0) is 0 Å². The van der Waals surface area contributed by atoms with Crippen molar-refractivity contribution in [2.75, 3.05) is 39.5 Å². The average Bonchev–Trinajstić information content (AvgIpc) is 2.78. The van der Waals surface area contributed by atoms with Gasteiger partial charge in [-0.05, 0) is 44.8 Å². The molecule has 5 nitrogen and oxygen atoms in total. The van der Waals surface area contributed by atoms with Crippen molar-refractivity contribution in [3.8, 4) is 0 Å². The van der Waals surface area contributed by atoms with Crippen molar-refractivity contribution in [1.82, 2.24) is 9.80 Å². The number of nitrogens with zero attached hydrogens (tertiary/aromatic N) is 2. The highest BCUT2D eigenvalue weighted by Crippen LogP contribution is 2.21. The van der Waals surface area contributed by atoms with Crippen LogP contribution in [0.2, 0.25) is 0 Å². The van der Waals surface area contributed by atoms with Crippen molar-refractivity contribution < 1.29 is 9.90 Å². The van der Waals surface area contributed by atoms with Crippen LogP contribution in [0.15, 0.2) is 24.3 Å². The van der Waals surface area contributed by atoms with Crippen LogP contribution < -0.4 is 5.32 Å². The monoisotopic (exact) mass is 277 g/mol. The summed E-state index contributed by atoms with van der Waals surface area (Å²) >= 11 is 0. The average molecular weight is 277 g/mol. The van der Waals surface area contributed by atoms with Gasteiger partial charge in [0.15, 0.2) is 0 Å². The maximum absolute atomic E-state index is 12.6. The Morgan fingerprint density at radius 1 is 1.40 bits per heavy atom. The number of aliphatic hydroxyl groups is 1. The molecule has 1 saturated heterocycles. The molecule has 2 atom stereocenters. The largest absolute Gasteiger partial charge is 0.391 e. The van der Waals surface area contributed by atoms with Crippen LogP contribution in [-0.4, -0.2) is 67.2 Å². The number of rotatable bonds is 4. The third-order valence-corrected chi connectivity index (χ3v) is 3.65. The van der Waals surface area contributed by atoms with Gasteiger partial charge in [-0.25, -0.2) is 0 Å². The minimum absolute atomic E-state index is 0.00365. The van der Waals surface area contributed by atoms with Crippen molar-refractivity contribution >= 4 is 11.6 Å². The fraction of sp³-hybridized carbons (Fsp3) is 0.533. The fourth-order valence-corrected chi connectivity index (χ4v) is 2.68. The molecule has 0 spiro atoms. The number of amides is 1. The lowest BCUT2D eigenvalue weighted by molar-refractivity contribution is 0.0699. The molecule has 1 amide bonds. The van der Waals surface area contributed by atoms with E-state index in [0.717, 1.165) is 12.2 Å². The highest BCUT2D eigenvalue weighted by molar-refractivity contribution is 5.95. The Balaban J connectivity index is 2.13. The molecule has 1 aromatic rings. The summed E-state index contributed by atoms with van der Waals surface area (Å²) in [6.45, 7) is 1.20. The summed E-state index contributed by atoms with van der Waals surface area (Å²) in [5.41, 5.74) is 1.65. The topological polar surface area (TPSA) is 55.8 Å². The first-order valence-electron chi connectivity index (χ1n) is 6.93. The molecule has 5 heteroatoms. The summed E-state index contributed by atoms with van der Waals surface area (Å²) in [7, 11) is 5.81. The molecule has 2 rings (SSSR count). The molecule has 1 heterocycles. The number of anilines is 1. The first-order valence-corrected chi connectivity index (χ1v) is 6.93. The summed E-state index contributed by atoms with van der Waals surface area (Å²) in [4.78, 5) is 16.4. The number of benzene rings is 1. The summed E-state index contributed by atoms with van der Waals surface area (Å²) in [5, 5.41) is 12.9. The van der Waals surface area contributed by atoms with Gasteiger partial charge >= 0.3 is 0 Å². The zero-order chi connectivity index (χ0) is 14.7. The molecule has 1 aliphatic heterocycles. The van der Waals surface area contributed by atoms with Crippen LogP contribution in [0.4, 0.5) is 5.69 Å². The van der Waals surface area contributed by atoms with E-state index in [-0.39, 0.29) is 11.9 Å². The fourth-order valence-electron chi connectivity index (χ4n) is 2.68. The predicted molar refractivity (Wildman–Crippen MR) is 80.0 cm³/mol. The number of likely N-dealkylation sites (N-methyl/N-ethyl adjacent to an activating group) is 1. The van der Waals surface area contributed by atoms with Crippen LogP contribution >= 0.6 is 0 Å². The molecule has 1 aliphatic rings. The van der Waals surface area contributed by atoms with Crippen LogP contribution in [0.3, 0.4) is 0 Å². The number of nitrogens with one attached hydrogen (secondary N) is 1. The second-order valence-electron chi connectivity index (χ2n) is 5.59. The van der Waals surface area contributed by atoms with E-state index in [9.17, 15) is 9.90 Å². The van der Waals surface area contributed by atoms with Gasteiger partial charge in [0.1, 0.15) is 0 Å². The van der Waals surface area contributed by atoms with Gasteiger partial charge in [0.05, 0.1) is 6.10 Å². The Morgan fingerprint density at radius 3 is 2.60 bits per heavy atom. The SMILES string of the molecule is CNc1ccc(C(=O)N2CC(O)CC2CN(C)C)cc1. The molecule has 1 fully saturated rings. The molecule has 0 aliphatic carbocycles. The van der Waals surface area contributed by atoms with Crippen LogP contribution in [0.5, 0.6) is 0 Å². The minimum Gasteiger partial charge on any atom is -0.391 e. The number of aliphatic hydroxyl groups excluding tert-OH is 1. The molecule has 0 radical (unpaired) electrons. The molecular weight excluding hydrogens is 254 g/mol. The molecule has 20 heavy (non-hydrogen) atoms. The van der Waals surface area contributed by atoms with E-state index >= 15 is 0 Å². The smallest absolute Gasteiger partial charge is 0.254 e. The van der Waals surface area contributed by atoms with Gasteiger partial charge in [0, 0.05) is 37.4 Å². The van der Waals surface area contributed by atoms with E-state index in [0.29, 0.717) is 18.5 Å². The third-order valence-electron chi connectivity index (χ3n) is 3.65. The quantitative estimate of drug-likeness (QED) is 0.857. The number of hydrogen-bond acceptors (Lipinski definition) is 4. The predicted octanol–water partition coefficient (Wildman–Crippen LogP) is 0.865. The summed E-state index contributed by atoms with van der Waals surface area (Å²) in [6.07, 6.45) is 0.235. The van der Waals surface area contributed by atoms with Gasteiger partial charge in [-0.15, -0.1) is 0 Å². The number of β-amino-alcohol motifs (C(OH)–C–C–N with tert-alkyl or cyclic N) is 1. The minimum atomic E-state index is -0.416. The summed E-state index contributed by atoms with van der Waals surface area (Å²) in [6, 6.07) is 7.51. The molecule has 0 aromatic heterocycles. The van der Waals surface area contributed by atoms with Crippen molar-refractivity contribution in [2.24, 2.45) is 0 Å². The first kappa shape index (κ1) is 14.8. The molecular formula is C15H23N3O2. The number of likely N-dealkylation sites (tertiary alicyclic amines) is 1. The van der Waals surface area contributed by atoms with Crippen LogP contribution in [0.1, 0.15) is 16.8 Å². The van der Waals surface area contributed by atoms with Gasteiger partial charge in [-0.1, -0.05) is 0 Å². The van der Waals surface area contributed by atoms with Gasteiger partial charge < -0.3 is 20.2 Å². The maximum atomic E-state index is 12.6. The lowest BCUT2D eigenvalue weighted by Crippen LogP contribution is -2.41. The van der Waals surface area contributed by atoms with Crippen molar-refractivity contribution in [3.63, 3.8) is 0 Å². The van der Waals surface area contributed by atoms with Gasteiger partial charge in [-0.2, -0.15) is 0 Å². The Hall–Kier alpha value is -1.59.